The summed E-state index contributed by atoms with van der Waals surface area (Å²) in [7, 11) is 0. The number of aliphatic carboxylic acids is 4. The quantitative estimate of drug-likeness (QED) is 0.0495. The summed E-state index contributed by atoms with van der Waals surface area (Å²) in [6.07, 6.45) is 0. The Bertz CT molecular complexity index is 3650. The van der Waals surface area contributed by atoms with Crippen LogP contribution in [-0.4, -0.2) is 140 Å². The van der Waals surface area contributed by atoms with Gasteiger partial charge in [-0.15, -0.1) is 0 Å². The number of fused-ring (bicyclic) bond motifs is 4. The Hall–Kier alpha value is -9.61. The van der Waals surface area contributed by atoms with E-state index < -0.39 is 255 Å². The van der Waals surface area contributed by atoms with Crippen LogP contribution in [0.2, 0.25) is 0 Å². The predicted molar refractivity (Wildman–Crippen MR) is 305 cm³/mol. The van der Waals surface area contributed by atoms with E-state index in [2.05, 4.69) is 9.47 Å². The summed E-state index contributed by atoms with van der Waals surface area (Å²) in [5.41, 5.74) is -15.7. The fraction of sp³-hybridized carbons (Fsp3) is 0.406. The third-order valence-corrected chi connectivity index (χ3v) is 14.4. The van der Waals surface area contributed by atoms with Gasteiger partial charge in [0.25, 0.3) is 47.3 Å². The predicted octanol–water partition coefficient (Wildman–Crippen LogP) is 5.15. The van der Waals surface area contributed by atoms with E-state index in [1.54, 1.807) is 13.8 Å². The number of imide groups is 4. The number of halogens is 16. The summed E-state index contributed by atoms with van der Waals surface area (Å²) >= 11 is 0. The van der Waals surface area contributed by atoms with Gasteiger partial charge in [-0.1, -0.05) is 83.1 Å². The maximum Gasteiger partial charge on any atom is 2.00 e. The van der Waals surface area contributed by atoms with Crippen LogP contribution in [0.25, 0.3) is 0 Å². The first-order chi connectivity index (χ1) is 47.2. The molecular formula is C64H56F16N4O20Rh2. The minimum Gasteiger partial charge on any atom is -0.548 e. The van der Waals surface area contributed by atoms with E-state index in [-0.39, 0.29) is 70.5 Å². The van der Waals surface area contributed by atoms with Crippen LogP contribution >= 0.6 is 0 Å². The number of carbonyl (C=O) groups excluding carboxylic acids is 14. The summed E-state index contributed by atoms with van der Waals surface area (Å²) in [6, 6.07) is -7.56. The van der Waals surface area contributed by atoms with Crippen molar-refractivity contribution in [2.75, 3.05) is 13.2 Å². The van der Waals surface area contributed by atoms with Gasteiger partial charge in [0.2, 0.25) is 0 Å². The Morgan fingerprint density at radius 1 is 0.274 bits per heavy atom. The maximum atomic E-state index is 13.8. The monoisotopic (exact) mass is 1710 g/mol. The number of carbonyl (C=O) groups is 14. The Morgan fingerprint density at radius 2 is 0.377 bits per heavy atom. The molecule has 2 radical (unpaired) electrons. The molecular weight excluding hydrogens is 1650 g/mol. The van der Waals surface area contributed by atoms with Gasteiger partial charge in [0.15, 0.2) is 93.1 Å². The second-order valence-corrected chi connectivity index (χ2v) is 26.1. The third-order valence-electron chi connectivity index (χ3n) is 14.4. The number of esters is 2. The number of nitrogens with zero attached hydrogens (tertiary/aromatic N) is 4. The van der Waals surface area contributed by atoms with E-state index in [9.17, 15) is 158 Å². The molecule has 0 aromatic heterocycles. The molecule has 106 heavy (non-hydrogen) atoms. The van der Waals surface area contributed by atoms with Crippen molar-refractivity contribution >= 4 is 83.1 Å². The average molecular weight is 1710 g/mol. The third kappa shape index (κ3) is 18.2. The van der Waals surface area contributed by atoms with Crippen LogP contribution in [0.5, 0.6) is 0 Å². The molecule has 0 fully saturated rings. The second-order valence-electron chi connectivity index (χ2n) is 26.1. The molecule has 8 amide bonds. The topological polar surface area (TPSA) is 363 Å². The molecule has 582 valence electrons. The summed E-state index contributed by atoms with van der Waals surface area (Å²) in [5, 5.41) is 45.1. The molecule has 0 saturated heterocycles. The molecule has 4 aromatic rings. The SMILES string of the molecule is CC(C)(C)[C@@H](C(=O)[O-])N1C(=O)c2c(F)c(F)c(F)c(F)c2C1=O.CC(C)(C)[C@@H](C(=O)[O-])N1C(=O)c2c(F)c(F)c(F)c(F)c2C1=O.CC(C)(C)[C@@H](C(=O)[O-])N1C(=O)c2c(F)c(F)c(F)c(F)c2C1=O.CC(C)(C)[C@@H](C(=O)[O-])N1C(=O)c2c(F)c(F)c(F)c(F)c2C1=O.CCOC(C)=O.CCOC(C)=O.[Rh+2].[Rh+2]. The largest absolute Gasteiger partial charge is 2.00 e. The first kappa shape index (κ1) is 94.4. The van der Waals surface area contributed by atoms with E-state index in [1.807, 2.05) is 0 Å². The van der Waals surface area contributed by atoms with Crippen LogP contribution in [0.3, 0.4) is 0 Å². The molecule has 4 aliphatic heterocycles. The Kier molecular flexibility index (Phi) is 30.9. The van der Waals surface area contributed by atoms with Crippen molar-refractivity contribution in [3.05, 3.63) is 138 Å². The molecule has 0 unspecified atom stereocenters. The molecule has 4 aromatic carbocycles. The van der Waals surface area contributed by atoms with Crippen molar-refractivity contribution in [3.63, 3.8) is 0 Å². The van der Waals surface area contributed by atoms with Gasteiger partial charge in [-0.3, -0.25) is 67.5 Å². The molecule has 4 atom stereocenters. The van der Waals surface area contributed by atoms with Gasteiger partial charge in [-0.25, -0.2) is 70.2 Å². The van der Waals surface area contributed by atoms with E-state index in [1.165, 1.54) is 96.9 Å². The van der Waals surface area contributed by atoms with Gasteiger partial charge in [0.1, 0.15) is 0 Å². The number of hydrogen-bond donors (Lipinski definition) is 0. The van der Waals surface area contributed by atoms with Gasteiger partial charge >= 0.3 is 50.9 Å². The van der Waals surface area contributed by atoms with Gasteiger partial charge in [0, 0.05) is 13.8 Å². The van der Waals surface area contributed by atoms with Gasteiger partial charge < -0.3 is 49.1 Å². The van der Waals surface area contributed by atoms with E-state index in [0.29, 0.717) is 13.2 Å². The van der Waals surface area contributed by atoms with Crippen molar-refractivity contribution in [2.45, 2.75) is 135 Å². The first-order valence-electron chi connectivity index (χ1n) is 29.2. The zero-order valence-corrected chi connectivity index (χ0v) is 60.7. The Balaban J connectivity index is 0.000000666. The molecule has 0 saturated carbocycles. The number of rotatable bonds is 10. The number of amides is 8. The van der Waals surface area contributed by atoms with Gasteiger partial charge in [0.05, 0.1) is 106 Å². The maximum absolute atomic E-state index is 13.8. The van der Waals surface area contributed by atoms with Crippen molar-refractivity contribution in [1.29, 1.82) is 0 Å². The fourth-order valence-corrected chi connectivity index (χ4v) is 10.2. The fourth-order valence-electron chi connectivity index (χ4n) is 10.2. The average Bonchev–Trinajstić information content (AvgIpc) is 1.60. The van der Waals surface area contributed by atoms with Crippen molar-refractivity contribution in [1.82, 2.24) is 19.6 Å². The molecule has 0 aliphatic carbocycles. The normalized spacial score (nSPS) is 14.6. The molecule has 8 rings (SSSR count). The van der Waals surface area contributed by atoms with Crippen LogP contribution in [0, 0.1) is 115 Å². The number of carboxylic acids is 4. The zero-order valence-electron chi connectivity index (χ0n) is 57.4. The molecule has 4 heterocycles. The van der Waals surface area contributed by atoms with E-state index >= 15 is 0 Å². The first-order valence-corrected chi connectivity index (χ1v) is 29.2. The molecule has 4 aliphatic rings. The van der Waals surface area contributed by atoms with E-state index in [4.69, 9.17) is 0 Å². The van der Waals surface area contributed by atoms with Crippen LogP contribution in [-0.2, 0) is 77.2 Å². The van der Waals surface area contributed by atoms with Gasteiger partial charge in [-0.05, 0) is 35.5 Å². The minimum atomic E-state index is -2.26. The van der Waals surface area contributed by atoms with Crippen molar-refractivity contribution < 1.29 is 206 Å². The second kappa shape index (κ2) is 34.7. The van der Waals surface area contributed by atoms with Crippen molar-refractivity contribution in [3.8, 4) is 0 Å². The van der Waals surface area contributed by atoms with Crippen LogP contribution in [0.1, 0.15) is 194 Å². The number of carboxylic acid groups (broad SMARTS) is 4. The molecule has 42 heteroatoms. The van der Waals surface area contributed by atoms with Crippen LogP contribution in [0.4, 0.5) is 70.2 Å². The van der Waals surface area contributed by atoms with E-state index in [0.717, 1.165) is 0 Å². The smallest absolute Gasteiger partial charge is 0.548 e. The molecule has 24 nitrogen and oxygen atoms in total. The summed E-state index contributed by atoms with van der Waals surface area (Å²) in [5.74, 6) is -54.8. The Morgan fingerprint density at radius 3 is 0.434 bits per heavy atom. The van der Waals surface area contributed by atoms with Crippen LogP contribution in [0.15, 0.2) is 0 Å². The molecule has 0 spiro atoms. The Labute approximate surface area is 613 Å². The summed E-state index contributed by atoms with van der Waals surface area (Å²) < 4.78 is 225. The number of benzene rings is 4. The standard InChI is InChI=1S/4C14H11F4NO4.2C4H8O2.2Rh/c4*1-14(2,3)10(13(22)23)19-11(20)4-5(12(19)21)7(16)9(18)8(17)6(4)15;2*1-3-6-4(2)5;;/h4*10H,1-3H3,(H,22,23);2*3H2,1-2H3;;/q;;;;;;2*+2/p-4/t4*10-;;;;/m1111..../s1. The molecule has 0 bridgehead atoms. The number of hydrogen-bond acceptors (Lipinski definition) is 20. The number of ether oxygens (including phenoxy) is 2. The molecule has 0 N–H and O–H groups in total. The minimum absolute atomic E-state index is 0. The summed E-state index contributed by atoms with van der Waals surface area (Å²) in [6.45, 7) is 23.4. The zero-order chi connectivity index (χ0) is 81.4. The van der Waals surface area contributed by atoms with Gasteiger partial charge in [-0.2, -0.15) is 0 Å². The summed E-state index contributed by atoms with van der Waals surface area (Å²) in [4.78, 5) is 162. The van der Waals surface area contributed by atoms with Crippen LogP contribution < -0.4 is 20.4 Å². The van der Waals surface area contributed by atoms with Crippen molar-refractivity contribution in [2.24, 2.45) is 21.7 Å².